The van der Waals surface area contributed by atoms with Crippen molar-refractivity contribution < 1.29 is 13.9 Å². The second kappa shape index (κ2) is 5.27. The Hall–Kier alpha value is -2.43. The summed E-state index contributed by atoms with van der Waals surface area (Å²) in [6, 6.07) is 8.68. The summed E-state index contributed by atoms with van der Waals surface area (Å²) in [7, 11) is 3.37. The van der Waals surface area contributed by atoms with Gasteiger partial charge in [-0.15, -0.1) is 0 Å². The van der Waals surface area contributed by atoms with Gasteiger partial charge in [-0.05, 0) is 24.3 Å². The van der Waals surface area contributed by atoms with Crippen LogP contribution < -0.4 is 15.4 Å². The molecule has 18 heavy (non-hydrogen) atoms. The highest BCUT2D eigenvalue weighted by molar-refractivity contribution is 6.03. The van der Waals surface area contributed by atoms with Crippen molar-refractivity contribution in [2.45, 2.75) is 0 Å². The first kappa shape index (κ1) is 12.0. The van der Waals surface area contributed by atoms with Crippen molar-refractivity contribution in [3.8, 4) is 5.75 Å². The monoisotopic (exact) mass is 246 g/mol. The minimum absolute atomic E-state index is 0.259. The number of rotatable bonds is 4. The van der Waals surface area contributed by atoms with Crippen LogP contribution in [0.5, 0.6) is 5.75 Å². The third-order valence-corrected chi connectivity index (χ3v) is 2.48. The second-order valence-electron chi connectivity index (χ2n) is 3.60. The summed E-state index contributed by atoms with van der Waals surface area (Å²) < 4.78 is 10.2. The predicted octanol–water partition coefficient (Wildman–Crippen LogP) is 2.58. The molecule has 1 aromatic heterocycles. The molecule has 1 amide bonds. The summed E-state index contributed by atoms with van der Waals surface area (Å²) in [6.07, 6.45) is 1.45. The molecule has 2 aromatic rings. The van der Waals surface area contributed by atoms with Crippen LogP contribution in [0.3, 0.4) is 0 Å². The molecule has 0 radical (unpaired) electrons. The van der Waals surface area contributed by atoms with Crippen molar-refractivity contribution in [2.75, 3.05) is 24.8 Å². The Morgan fingerprint density at radius 2 is 2.17 bits per heavy atom. The van der Waals surface area contributed by atoms with Gasteiger partial charge in [-0.25, -0.2) is 0 Å². The molecule has 2 N–H and O–H groups in total. The van der Waals surface area contributed by atoms with Crippen molar-refractivity contribution in [1.29, 1.82) is 0 Å². The lowest BCUT2D eigenvalue weighted by molar-refractivity contribution is 0.0996. The number of benzene rings is 1. The van der Waals surface area contributed by atoms with Gasteiger partial charge >= 0.3 is 0 Å². The van der Waals surface area contributed by atoms with E-state index < -0.39 is 0 Å². The first-order chi connectivity index (χ1) is 8.74. The molecule has 0 fully saturated rings. The van der Waals surface area contributed by atoms with Gasteiger partial charge < -0.3 is 19.8 Å². The lowest BCUT2D eigenvalue weighted by Crippen LogP contribution is -2.11. The molecule has 0 saturated carbocycles. The summed E-state index contributed by atoms with van der Waals surface area (Å²) in [4.78, 5) is 11.8. The number of carbonyl (C=O) groups is 1. The van der Waals surface area contributed by atoms with Crippen molar-refractivity contribution in [3.63, 3.8) is 0 Å². The van der Waals surface area contributed by atoms with Crippen LogP contribution in [0.4, 0.5) is 11.4 Å². The van der Waals surface area contributed by atoms with Crippen LogP contribution >= 0.6 is 0 Å². The zero-order chi connectivity index (χ0) is 13.0. The first-order valence-corrected chi connectivity index (χ1v) is 5.45. The third-order valence-electron chi connectivity index (χ3n) is 2.48. The summed E-state index contributed by atoms with van der Waals surface area (Å²) in [5, 5.41) is 5.73. The maximum Gasteiger partial charge on any atom is 0.291 e. The Labute approximate surface area is 105 Å². The normalized spacial score (nSPS) is 9.89. The van der Waals surface area contributed by atoms with Crippen molar-refractivity contribution in [3.05, 3.63) is 42.4 Å². The second-order valence-corrected chi connectivity index (χ2v) is 3.60. The Bertz CT molecular complexity index is 535. The fourth-order valence-corrected chi connectivity index (χ4v) is 1.54. The molecule has 94 valence electrons. The Morgan fingerprint density at radius 3 is 2.78 bits per heavy atom. The zero-order valence-electron chi connectivity index (χ0n) is 10.2. The highest BCUT2D eigenvalue weighted by atomic mass is 16.5. The Morgan fingerprint density at radius 1 is 1.33 bits per heavy atom. The summed E-state index contributed by atoms with van der Waals surface area (Å²) >= 11 is 0. The van der Waals surface area contributed by atoms with Gasteiger partial charge in [0, 0.05) is 18.8 Å². The quantitative estimate of drug-likeness (QED) is 0.870. The summed E-state index contributed by atoms with van der Waals surface area (Å²) in [5.74, 6) is 0.534. The lowest BCUT2D eigenvalue weighted by Gasteiger charge is -2.11. The fourth-order valence-electron chi connectivity index (χ4n) is 1.54. The first-order valence-electron chi connectivity index (χ1n) is 5.45. The van der Waals surface area contributed by atoms with Crippen LogP contribution in [0.2, 0.25) is 0 Å². The van der Waals surface area contributed by atoms with Crippen LogP contribution in [0.25, 0.3) is 0 Å². The minimum Gasteiger partial charge on any atom is -0.494 e. The highest BCUT2D eigenvalue weighted by Gasteiger charge is 2.12. The van der Waals surface area contributed by atoms with Crippen LogP contribution in [-0.4, -0.2) is 20.1 Å². The van der Waals surface area contributed by atoms with E-state index in [-0.39, 0.29) is 11.7 Å². The van der Waals surface area contributed by atoms with E-state index in [1.165, 1.54) is 6.26 Å². The van der Waals surface area contributed by atoms with Crippen LogP contribution in [0, 0.1) is 0 Å². The van der Waals surface area contributed by atoms with Crippen LogP contribution in [0.15, 0.2) is 41.0 Å². The molecule has 0 unspecified atom stereocenters. The molecule has 0 saturated heterocycles. The number of hydrogen-bond donors (Lipinski definition) is 2. The molecule has 0 aliphatic rings. The van der Waals surface area contributed by atoms with E-state index in [2.05, 4.69) is 10.6 Å². The van der Waals surface area contributed by atoms with Gasteiger partial charge in [0.05, 0.1) is 19.1 Å². The van der Waals surface area contributed by atoms with Gasteiger partial charge in [0.25, 0.3) is 5.91 Å². The maximum atomic E-state index is 11.8. The molecule has 0 aliphatic carbocycles. The molecule has 1 heterocycles. The van der Waals surface area contributed by atoms with E-state index in [0.717, 1.165) is 5.69 Å². The average Bonchev–Trinajstić information content (AvgIpc) is 2.93. The number of furan rings is 1. The van der Waals surface area contributed by atoms with Gasteiger partial charge in [-0.3, -0.25) is 4.79 Å². The van der Waals surface area contributed by atoms with Gasteiger partial charge in [0.1, 0.15) is 5.75 Å². The number of amides is 1. The number of hydrogen-bond acceptors (Lipinski definition) is 4. The average molecular weight is 246 g/mol. The molecular weight excluding hydrogens is 232 g/mol. The van der Waals surface area contributed by atoms with Gasteiger partial charge in [0.15, 0.2) is 5.76 Å². The standard InChI is InChI=1S/C13H14N2O3/c1-14-9-5-6-10(12(8-9)17-2)15-13(16)11-4-3-7-18-11/h3-8,14H,1-2H3,(H,15,16). The molecule has 5 heteroatoms. The van der Waals surface area contributed by atoms with E-state index in [4.69, 9.17) is 9.15 Å². The van der Waals surface area contributed by atoms with Crippen LogP contribution in [0.1, 0.15) is 10.6 Å². The molecule has 0 spiro atoms. The van der Waals surface area contributed by atoms with Gasteiger partial charge in [-0.2, -0.15) is 0 Å². The summed E-state index contributed by atoms with van der Waals surface area (Å²) in [5.41, 5.74) is 1.50. The number of nitrogens with one attached hydrogen (secondary N) is 2. The molecular formula is C13H14N2O3. The molecule has 0 atom stereocenters. The molecule has 0 aliphatic heterocycles. The Kier molecular flexibility index (Phi) is 3.52. The summed E-state index contributed by atoms with van der Waals surface area (Å²) in [6.45, 7) is 0. The Balaban J connectivity index is 2.21. The van der Waals surface area contributed by atoms with Gasteiger partial charge in [-0.1, -0.05) is 0 Å². The third kappa shape index (κ3) is 2.45. The SMILES string of the molecule is CNc1ccc(NC(=O)c2ccco2)c(OC)c1. The van der Waals surface area contributed by atoms with Crippen molar-refractivity contribution in [2.24, 2.45) is 0 Å². The smallest absolute Gasteiger partial charge is 0.291 e. The molecule has 0 bridgehead atoms. The molecule has 1 aromatic carbocycles. The van der Waals surface area contributed by atoms with E-state index in [1.807, 2.05) is 13.1 Å². The molecule has 2 rings (SSSR count). The number of methoxy groups -OCH3 is 1. The largest absolute Gasteiger partial charge is 0.494 e. The van der Waals surface area contributed by atoms with E-state index in [1.54, 1.807) is 31.4 Å². The lowest BCUT2D eigenvalue weighted by atomic mass is 10.2. The number of anilines is 2. The van der Waals surface area contributed by atoms with Gasteiger partial charge in [0.2, 0.25) is 0 Å². The number of ether oxygens (including phenoxy) is 1. The number of carbonyl (C=O) groups excluding carboxylic acids is 1. The highest BCUT2D eigenvalue weighted by Crippen LogP contribution is 2.28. The molecule has 5 nitrogen and oxygen atoms in total. The topological polar surface area (TPSA) is 63.5 Å². The minimum atomic E-state index is -0.310. The maximum absolute atomic E-state index is 11.8. The van der Waals surface area contributed by atoms with Crippen LogP contribution in [-0.2, 0) is 0 Å². The zero-order valence-corrected chi connectivity index (χ0v) is 10.2. The van der Waals surface area contributed by atoms with Crippen molar-refractivity contribution in [1.82, 2.24) is 0 Å². The van der Waals surface area contributed by atoms with E-state index in [0.29, 0.717) is 11.4 Å². The van der Waals surface area contributed by atoms with Crippen molar-refractivity contribution >= 4 is 17.3 Å². The predicted molar refractivity (Wildman–Crippen MR) is 69.2 cm³/mol. The fraction of sp³-hybridized carbons (Fsp3) is 0.154. The van der Waals surface area contributed by atoms with E-state index in [9.17, 15) is 4.79 Å². The van der Waals surface area contributed by atoms with E-state index >= 15 is 0 Å².